The molecule has 0 aliphatic carbocycles. The summed E-state index contributed by atoms with van der Waals surface area (Å²) in [5.41, 5.74) is 0. The van der Waals surface area contributed by atoms with Crippen molar-refractivity contribution in [1.82, 2.24) is 0 Å². The largest absolute Gasteiger partial charge is 0.481 e. The van der Waals surface area contributed by atoms with Crippen molar-refractivity contribution in [2.75, 3.05) is 27.7 Å². The molecule has 0 amide bonds. The molecule has 0 aromatic rings. The van der Waals surface area contributed by atoms with Gasteiger partial charge in [0.25, 0.3) is 0 Å². The minimum Gasteiger partial charge on any atom is -0.481 e. The number of carboxylic acid groups (broad SMARTS) is 1. The number of nitrogens with zero attached hydrogens (tertiary/aromatic N) is 1. The molecule has 1 unspecified atom stereocenters. The molecule has 0 aromatic carbocycles. The van der Waals surface area contributed by atoms with Crippen LogP contribution in [0.3, 0.4) is 0 Å². The molecule has 0 rings (SSSR count). The zero-order chi connectivity index (χ0) is 20.5. The molecule has 0 spiro atoms. The molecule has 0 heterocycles. The van der Waals surface area contributed by atoms with E-state index in [4.69, 9.17) is 9.84 Å². The van der Waals surface area contributed by atoms with Crippen molar-refractivity contribution in [1.29, 1.82) is 0 Å². The van der Waals surface area contributed by atoms with Gasteiger partial charge in [-0.1, -0.05) is 56.9 Å². The molecule has 0 saturated carbocycles. The number of allylic oxidation sites excluding steroid dienone is 4. The molecule has 5 nitrogen and oxygen atoms in total. The summed E-state index contributed by atoms with van der Waals surface area (Å²) in [7, 11) is 5.88. The fraction of sp³-hybridized carbons (Fsp3) is 0.727. The maximum absolute atomic E-state index is 12.0. The highest BCUT2D eigenvalue weighted by atomic mass is 16.5. The zero-order valence-corrected chi connectivity index (χ0v) is 17.8. The number of carboxylic acids is 1. The van der Waals surface area contributed by atoms with Gasteiger partial charge in [0.1, 0.15) is 6.54 Å². The average molecular weight is 383 g/mol. The van der Waals surface area contributed by atoms with Crippen molar-refractivity contribution < 1.29 is 23.9 Å². The lowest BCUT2D eigenvalue weighted by atomic mass is 10.1. The van der Waals surface area contributed by atoms with Crippen molar-refractivity contribution in [3.8, 4) is 0 Å². The number of hydrogen-bond donors (Lipinski definition) is 1. The number of ether oxygens (including phenoxy) is 1. The first-order valence-corrected chi connectivity index (χ1v) is 10.3. The van der Waals surface area contributed by atoms with E-state index in [0.717, 1.165) is 32.1 Å². The smallest absolute Gasteiger partial charge is 0.307 e. The van der Waals surface area contributed by atoms with E-state index in [9.17, 15) is 9.59 Å². The van der Waals surface area contributed by atoms with Gasteiger partial charge in [0.15, 0.2) is 6.10 Å². The van der Waals surface area contributed by atoms with Gasteiger partial charge in [-0.3, -0.25) is 9.59 Å². The molecule has 0 radical (unpaired) electrons. The topological polar surface area (TPSA) is 63.6 Å². The van der Waals surface area contributed by atoms with Gasteiger partial charge in [-0.05, 0) is 25.7 Å². The maximum Gasteiger partial charge on any atom is 0.307 e. The molecule has 0 saturated heterocycles. The fourth-order valence-corrected chi connectivity index (χ4v) is 2.82. The summed E-state index contributed by atoms with van der Waals surface area (Å²) in [6.07, 6.45) is 17.0. The Morgan fingerprint density at radius 3 is 2.15 bits per heavy atom. The van der Waals surface area contributed by atoms with Crippen LogP contribution >= 0.6 is 0 Å². The van der Waals surface area contributed by atoms with Crippen LogP contribution in [-0.4, -0.2) is 55.3 Å². The molecular weight excluding hydrogens is 342 g/mol. The predicted molar refractivity (Wildman–Crippen MR) is 111 cm³/mol. The Labute approximate surface area is 165 Å². The first-order valence-electron chi connectivity index (χ1n) is 10.3. The van der Waals surface area contributed by atoms with E-state index in [1.165, 1.54) is 19.3 Å². The van der Waals surface area contributed by atoms with E-state index >= 15 is 0 Å². The summed E-state index contributed by atoms with van der Waals surface area (Å²) in [4.78, 5) is 22.9. The quantitative estimate of drug-likeness (QED) is 0.181. The minimum absolute atomic E-state index is 0.135. The van der Waals surface area contributed by atoms with E-state index in [2.05, 4.69) is 31.2 Å². The molecule has 0 aliphatic rings. The van der Waals surface area contributed by atoms with Gasteiger partial charge < -0.3 is 14.3 Å². The Kier molecular flexibility index (Phi) is 14.5. The number of aliphatic carboxylic acids is 1. The van der Waals surface area contributed by atoms with Crippen LogP contribution < -0.4 is 0 Å². The molecule has 0 aliphatic heterocycles. The molecule has 0 fully saturated rings. The Bertz CT molecular complexity index is 463. The molecule has 27 heavy (non-hydrogen) atoms. The van der Waals surface area contributed by atoms with Gasteiger partial charge in [-0.15, -0.1) is 0 Å². The maximum atomic E-state index is 12.0. The third-order valence-electron chi connectivity index (χ3n) is 4.07. The molecule has 0 bridgehead atoms. The number of rotatable bonds is 16. The van der Waals surface area contributed by atoms with Crippen molar-refractivity contribution >= 4 is 11.9 Å². The Balaban J connectivity index is 3.78. The second kappa shape index (κ2) is 15.4. The van der Waals surface area contributed by atoms with Gasteiger partial charge in [0, 0.05) is 6.42 Å². The highest BCUT2D eigenvalue weighted by Gasteiger charge is 2.24. The van der Waals surface area contributed by atoms with E-state index in [1.54, 1.807) is 0 Å². The third-order valence-corrected chi connectivity index (χ3v) is 4.07. The van der Waals surface area contributed by atoms with Crippen LogP contribution in [0.15, 0.2) is 24.3 Å². The number of hydrogen-bond acceptors (Lipinski definition) is 3. The number of likely N-dealkylation sites (N-methyl/N-ethyl adjacent to an activating group) is 1. The van der Waals surface area contributed by atoms with Crippen LogP contribution in [0.1, 0.15) is 71.1 Å². The lowest BCUT2D eigenvalue weighted by molar-refractivity contribution is -0.873. The van der Waals surface area contributed by atoms with E-state index in [1.807, 2.05) is 21.1 Å². The van der Waals surface area contributed by atoms with Crippen LogP contribution in [0, 0.1) is 0 Å². The first kappa shape index (κ1) is 25.4. The number of quaternary nitrogens is 1. The molecule has 1 N–H and O–H groups in total. The lowest BCUT2D eigenvalue weighted by Gasteiger charge is -2.28. The zero-order valence-electron chi connectivity index (χ0n) is 17.8. The summed E-state index contributed by atoms with van der Waals surface area (Å²) in [5.74, 6) is -1.21. The minimum atomic E-state index is -0.933. The van der Waals surface area contributed by atoms with Gasteiger partial charge >= 0.3 is 11.9 Å². The fourth-order valence-electron chi connectivity index (χ4n) is 2.82. The van der Waals surface area contributed by atoms with Crippen molar-refractivity contribution in [3.05, 3.63) is 24.3 Å². The monoisotopic (exact) mass is 382 g/mol. The second-order valence-corrected chi connectivity index (χ2v) is 8.11. The summed E-state index contributed by atoms with van der Waals surface area (Å²) in [6, 6.07) is 0. The van der Waals surface area contributed by atoms with Crippen LogP contribution in [-0.2, 0) is 14.3 Å². The predicted octanol–water partition coefficient (Wildman–Crippen LogP) is 4.72. The van der Waals surface area contributed by atoms with Crippen molar-refractivity contribution in [3.63, 3.8) is 0 Å². The molecular formula is C22H40NO4+. The normalized spacial score (nSPS) is 13.3. The molecule has 5 heteroatoms. The number of carbonyl (C=O) groups is 2. The Morgan fingerprint density at radius 1 is 0.963 bits per heavy atom. The van der Waals surface area contributed by atoms with Gasteiger partial charge in [0.05, 0.1) is 27.6 Å². The summed E-state index contributed by atoms with van der Waals surface area (Å²) in [5, 5.41) is 8.98. The number of esters is 1. The van der Waals surface area contributed by atoms with Crippen LogP contribution in [0.5, 0.6) is 0 Å². The molecule has 156 valence electrons. The van der Waals surface area contributed by atoms with Gasteiger partial charge in [-0.2, -0.15) is 0 Å². The standard InChI is InChI=1S/C22H39NO4/c1-5-6-7-8-9-10-11-12-13-14-15-16-17-22(26)27-20(18-21(24)25)19-23(2,3)4/h6-9,20H,5,10-19H2,1-4H3/p+1/b7-6+,9-8+. The van der Waals surface area contributed by atoms with Gasteiger partial charge in [-0.25, -0.2) is 0 Å². The first-order chi connectivity index (χ1) is 12.7. The van der Waals surface area contributed by atoms with E-state index in [0.29, 0.717) is 17.4 Å². The van der Waals surface area contributed by atoms with E-state index < -0.39 is 12.1 Å². The van der Waals surface area contributed by atoms with Gasteiger partial charge in [0.2, 0.25) is 0 Å². The van der Waals surface area contributed by atoms with Crippen molar-refractivity contribution in [2.24, 2.45) is 0 Å². The summed E-state index contributed by atoms with van der Waals surface area (Å²) >= 11 is 0. The van der Waals surface area contributed by atoms with Crippen LogP contribution in [0.25, 0.3) is 0 Å². The summed E-state index contributed by atoms with van der Waals surface area (Å²) < 4.78 is 5.95. The Hall–Kier alpha value is -1.62. The highest BCUT2D eigenvalue weighted by molar-refractivity contribution is 5.71. The second-order valence-electron chi connectivity index (χ2n) is 8.11. The Morgan fingerprint density at radius 2 is 1.56 bits per heavy atom. The highest BCUT2D eigenvalue weighted by Crippen LogP contribution is 2.11. The average Bonchev–Trinajstić information content (AvgIpc) is 2.53. The number of unbranched alkanes of at least 4 members (excludes halogenated alkanes) is 6. The SMILES string of the molecule is CC/C=C/C=C/CCCCCCCCC(=O)OC(CC(=O)O)C[N+](C)(C)C. The van der Waals surface area contributed by atoms with Crippen molar-refractivity contribution in [2.45, 2.75) is 77.2 Å². The van der Waals surface area contributed by atoms with Crippen LogP contribution in [0.2, 0.25) is 0 Å². The van der Waals surface area contributed by atoms with Crippen LogP contribution in [0.4, 0.5) is 0 Å². The molecule has 0 aromatic heterocycles. The third kappa shape index (κ3) is 19.0. The summed E-state index contributed by atoms with van der Waals surface area (Å²) in [6.45, 7) is 2.63. The number of carbonyl (C=O) groups excluding carboxylic acids is 1. The lowest BCUT2D eigenvalue weighted by Crippen LogP contribution is -2.43. The van der Waals surface area contributed by atoms with E-state index in [-0.39, 0.29) is 12.4 Å². The molecule has 1 atom stereocenters.